The summed E-state index contributed by atoms with van der Waals surface area (Å²) in [6.45, 7) is 2.39. The average molecular weight is 275 g/mol. The molecule has 1 fully saturated rings. The first-order valence-corrected chi connectivity index (χ1v) is 7.53. The first kappa shape index (κ1) is 12.5. The zero-order valence-corrected chi connectivity index (χ0v) is 10.9. The molecule has 1 atom stereocenters. The van der Waals surface area contributed by atoms with Crippen LogP contribution in [0, 0.1) is 0 Å². The molecule has 1 saturated heterocycles. The van der Waals surface area contributed by atoms with Crippen LogP contribution in [0.3, 0.4) is 0 Å². The molecular weight excluding hydrogens is 262 g/mol. The van der Waals surface area contributed by atoms with Gasteiger partial charge in [-0.15, -0.1) is 11.3 Å². The molecule has 1 unspecified atom stereocenters. The van der Waals surface area contributed by atoms with Gasteiger partial charge in [0.15, 0.2) is 0 Å². The molecule has 1 aromatic rings. The van der Waals surface area contributed by atoms with Gasteiger partial charge < -0.3 is 5.11 Å². The van der Waals surface area contributed by atoms with E-state index in [1.807, 2.05) is 6.92 Å². The van der Waals surface area contributed by atoms with E-state index in [2.05, 4.69) is 0 Å². The topological polar surface area (TPSA) is 74.7 Å². The number of carbonyl (C=O) groups is 1. The lowest BCUT2D eigenvalue weighted by molar-refractivity contribution is 0.0702. The van der Waals surface area contributed by atoms with E-state index in [9.17, 15) is 13.2 Å². The summed E-state index contributed by atoms with van der Waals surface area (Å²) in [5.41, 5.74) is 0. The summed E-state index contributed by atoms with van der Waals surface area (Å²) in [5, 5.41) is 8.78. The smallest absolute Gasteiger partial charge is 0.345 e. The molecule has 1 N–H and O–H groups in total. The minimum atomic E-state index is -3.51. The number of thiophene rings is 1. The second kappa shape index (κ2) is 4.40. The lowest BCUT2D eigenvalue weighted by atomic mass is 10.3. The Morgan fingerprint density at radius 2 is 2.24 bits per heavy atom. The van der Waals surface area contributed by atoms with E-state index < -0.39 is 16.0 Å². The predicted octanol–water partition coefficient (Wildman–Crippen LogP) is 1.62. The number of rotatable bonds is 3. The number of nitrogens with zero attached hydrogens (tertiary/aromatic N) is 1. The van der Waals surface area contributed by atoms with Gasteiger partial charge in [0.05, 0.1) is 0 Å². The standard InChI is InChI=1S/C10H13NO4S2/c1-7-3-2-6-11(7)17(14,15)9-5-4-8(16-9)10(12)13/h4-5,7H,2-3,6H2,1H3,(H,12,13). The van der Waals surface area contributed by atoms with Crippen molar-refractivity contribution in [1.82, 2.24) is 4.31 Å². The SMILES string of the molecule is CC1CCCN1S(=O)(=O)c1ccc(C(=O)O)s1. The van der Waals surface area contributed by atoms with Gasteiger partial charge in [-0.25, -0.2) is 13.2 Å². The molecule has 0 aromatic carbocycles. The van der Waals surface area contributed by atoms with Crippen molar-refractivity contribution in [3.05, 3.63) is 17.0 Å². The predicted molar refractivity (Wildman–Crippen MR) is 63.9 cm³/mol. The maximum Gasteiger partial charge on any atom is 0.345 e. The van der Waals surface area contributed by atoms with Gasteiger partial charge in [-0.2, -0.15) is 4.31 Å². The van der Waals surface area contributed by atoms with Crippen LogP contribution < -0.4 is 0 Å². The number of aromatic carboxylic acids is 1. The highest BCUT2D eigenvalue weighted by Crippen LogP contribution is 2.29. The van der Waals surface area contributed by atoms with Gasteiger partial charge in [0.25, 0.3) is 10.0 Å². The maximum absolute atomic E-state index is 12.2. The number of hydrogen-bond donors (Lipinski definition) is 1. The van der Waals surface area contributed by atoms with Crippen LogP contribution in [-0.4, -0.2) is 36.4 Å². The summed E-state index contributed by atoms with van der Waals surface area (Å²) in [6.07, 6.45) is 1.72. The van der Waals surface area contributed by atoms with Crippen molar-refractivity contribution in [3.63, 3.8) is 0 Å². The Morgan fingerprint density at radius 3 is 2.71 bits per heavy atom. The Balaban J connectivity index is 2.34. The summed E-state index contributed by atoms with van der Waals surface area (Å²) >= 11 is 0.808. The molecule has 0 amide bonds. The lowest BCUT2D eigenvalue weighted by Gasteiger charge is -2.19. The van der Waals surface area contributed by atoms with Crippen LogP contribution in [0.1, 0.15) is 29.4 Å². The van der Waals surface area contributed by atoms with Gasteiger partial charge in [0.1, 0.15) is 9.09 Å². The Morgan fingerprint density at radius 1 is 1.53 bits per heavy atom. The Bertz CT molecular complexity index is 534. The van der Waals surface area contributed by atoms with Gasteiger partial charge >= 0.3 is 5.97 Å². The van der Waals surface area contributed by atoms with Crippen LogP contribution >= 0.6 is 11.3 Å². The number of carboxylic acids is 1. The highest BCUT2D eigenvalue weighted by molar-refractivity contribution is 7.91. The molecule has 1 aliphatic heterocycles. The first-order chi connectivity index (χ1) is 7.93. The molecule has 5 nitrogen and oxygen atoms in total. The van der Waals surface area contributed by atoms with Crippen molar-refractivity contribution in [3.8, 4) is 0 Å². The monoisotopic (exact) mass is 275 g/mol. The minimum Gasteiger partial charge on any atom is -0.477 e. The average Bonchev–Trinajstić information content (AvgIpc) is 2.84. The largest absolute Gasteiger partial charge is 0.477 e. The maximum atomic E-state index is 12.2. The molecule has 1 aliphatic rings. The molecule has 2 rings (SSSR count). The quantitative estimate of drug-likeness (QED) is 0.909. The van der Waals surface area contributed by atoms with Gasteiger partial charge in [0.2, 0.25) is 0 Å². The highest BCUT2D eigenvalue weighted by atomic mass is 32.2. The summed E-state index contributed by atoms with van der Waals surface area (Å²) in [7, 11) is -3.51. The van der Waals surface area contributed by atoms with Crippen LogP contribution in [0.4, 0.5) is 0 Å². The molecular formula is C10H13NO4S2. The van der Waals surface area contributed by atoms with Crippen LogP contribution in [0.5, 0.6) is 0 Å². The fourth-order valence-electron chi connectivity index (χ4n) is 1.95. The Kier molecular flexibility index (Phi) is 3.24. The van der Waals surface area contributed by atoms with Gasteiger partial charge in [-0.05, 0) is 31.9 Å². The highest BCUT2D eigenvalue weighted by Gasteiger charge is 2.33. The minimum absolute atomic E-state index is 0.00428. The van der Waals surface area contributed by atoms with Crippen molar-refractivity contribution < 1.29 is 18.3 Å². The van der Waals surface area contributed by atoms with E-state index in [1.54, 1.807) is 0 Å². The lowest BCUT2D eigenvalue weighted by Crippen LogP contribution is -2.33. The second-order valence-electron chi connectivity index (χ2n) is 4.03. The molecule has 94 valence electrons. The van der Waals surface area contributed by atoms with Crippen LogP contribution in [0.15, 0.2) is 16.3 Å². The third-order valence-electron chi connectivity index (χ3n) is 2.85. The number of sulfonamides is 1. The normalized spacial score (nSPS) is 21.8. The van der Waals surface area contributed by atoms with Crippen molar-refractivity contribution in [2.45, 2.75) is 30.0 Å². The van der Waals surface area contributed by atoms with E-state index in [0.717, 1.165) is 24.2 Å². The second-order valence-corrected chi connectivity index (χ2v) is 7.23. The van der Waals surface area contributed by atoms with Crippen LogP contribution in [-0.2, 0) is 10.0 Å². The zero-order chi connectivity index (χ0) is 12.6. The molecule has 0 bridgehead atoms. The molecule has 0 saturated carbocycles. The molecule has 1 aromatic heterocycles. The molecule has 17 heavy (non-hydrogen) atoms. The fraction of sp³-hybridized carbons (Fsp3) is 0.500. The summed E-state index contributed by atoms with van der Waals surface area (Å²) < 4.78 is 26.0. The van der Waals surface area contributed by atoms with E-state index in [4.69, 9.17) is 5.11 Å². The van der Waals surface area contributed by atoms with Crippen LogP contribution in [0.25, 0.3) is 0 Å². The van der Waals surface area contributed by atoms with E-state index in [0.29, 0.717) is 6.54 Å². The summed E-state index contributed by atoms with van der Waals surface area (Å²) in [4.78, 5) is 10.8. The molecule has 2 heterocycles. The van der Waals surface area contributed by atoms with Gasteiger partial charge in [-0.1, -0.05) is 0 Å². The van der Waals surface area contributed by atoms with Crippen molar-refractivity contribution >= 4 is 27.3 Å². The third-order valence-corrected chi connectivity index (χ3v) is 6.40. The molecule has 0 spiro atoms. The summed E-state index contributed by atoms with van der Waals surface area (Å²) in [5.74, 6) is -1.09. The van der Waals surface area contributed by atoms with E-state index >= 15 is 0 Å². The Labute approximate surface area is 104 Å². The van der Waals surface area contributed by atoms with Gasteiger partial charge in [-0.3, -0.25) is 0 Å². The number of hydrogen-bond acceptors (Lipinski definition) is 4. The van der Waals surface area contributed by atoms with E-state index in [-0.39, 0.29) is 15.1 Å². The van der Waals surface area contributed by atoms with Crippen LogP contribution in [0.2, 0.25) is 0 Å². The molecule has 0 radical (unpaired) electrons. The molecule has 7 heteroatoms. The molecule has 0 aliphatic carbocycles. The van der Waals surface area contributed by atoms with Gasteiger partial charge in [0, 0.05) is 12.6 Å². The third kappa shape index (κ3) is 2.22. The number of carboxylic acid groups (broad SMARTS) is 1. The van der Waals surface area contributed by atoms with E-state index in [1.165, 1.54) is 16.4 Å². The zero-order valence-electron chi connectivity index (χ0n) is 9.29. The van der Waals surface area contributed by atoms with Crippen molar-refractivity contribution in [2.75, 3.05) is 6.54 Å². The summed E-state index contributed by atoms with van der Waals surface area (Å²) in [6, 6.07) is 2.70. The first-order valence-electron chi connectivity index (χ1n) is 5.28. The van der Waals surface area contributed by atoms with Crippen molar-refractivity contribution in [1.29, 1.82) is 0 Å². The Hall–Kier alpha value is -0.920. The van der Waals surface area contributed by atoms with Crippen molar-refractivity contribution in [2.24, 2.45) is 0 Å². The fourth-order valence-corrected chi connectivity index (χ4v) is 4.93.